The topological polar surface area (TPSA) is 106 Å². The van der Waals surface area contributed by atoms with E-state index < -0.39 is 17.4 Å². The van der Waals surface area contributed by atoms with Crippen molar-refractivity contribution in [2.24, 2.45) is 56.2 Å². The van der Waals surface area contributed by atoms with Crippen LogP contribution in [0, 0.1) is 56.2 Å². The number of allylic oxidation sites excluding steroid dienone is 2. The van der Waals surface area contributed by atoms with Crippen LogP contribution in [0.4, 0.5) is 0 Å². The highest BCUT2D eigenvalue weighted by Gasteiger charge is 2.70. The van der Waals surface area contributed by atoms with Crippen molar-refractivity contribution in [1.29, 1.82) is 0 Å². The number of ketones is 1. The average Bonchev–Trinajstić information content (AvgIpc) is 3.35. The van der Waals surface area contributed by atoms with Crippen LogP contribution in [0.2, 0.25) is 0 Å². The van der Waals surface area contributed by atoms with E-state index in [4.69, 9.17) is 4.74 Å². The molecule has 0 bridgehead atoms. The number of rotatable bonds is 10. The molecule has 4 saturated carbocycles. The Morgan fingerprint density at radius 3 is 2.25 bits per heavy atom. The van der Waals surface area contributed by atoms with Crippen LogP contribution in [0.3, 0.4) is 0 Å². The molecule has 1 heterocycles. The summed E-state index contributed by atoms with van der Waals surface area (Å²) < 4.78 is 6.18. The maximum atomic E-state index is 14.0. The zero-order chi connectivity index (χ0) is 37.4. The van der Waals surface area contributed by atoms with Gasteiger partial charge in [0.15, 0.2) is 5.78 Å². The van der Waals surface area contributed by atoms with Gasteiger partial charge in [-0.15, -0.1) is 0 Å². The molecule has 52 heavy (non-hydrogen) atoms. The van der Waals surface area contributed by atoms with E-state index in [9.17, 15) is 19.5 Å². The number of hydrogen-bond acceptors (Lipinski definition) is 6. The van der Waals surface area contributed by atoms with Crippen LogP contribution in [0.25, 0.3) is 0 Å². The molecular formula is C45H70N2O5. The van der Waals surface area contributed by atoms with Crippen molar-refractivity contribution in [2.75, 3.05) is 6.54 Å². The monoisotopic (exact) mass is 719 g/mol. The average molecular weight is 719 g/mol. The number of ether oxygens (including phenoxy) is 1. The summed E-state index contributed by atoms with van der Waals surface area (Å²) in [7, 11) is 0. The molecule has 4 fully saturated rings. The number of carbonyl (C=O) groups excluding carboxylic acids is 2. The van der Waals surface area contributed by atoms with E-state index in [0.717, 1.165) is 63.5 Å². The lowest BCUT2D eigenvalue weighted by Gasteiger charge is -2.72. The van der Waals surface area contributed by atoms with Gasteiger partial charge in [-0.05, 0) is 148 Å². The van der Waals surface area contributed by atoms with Gasteiger partial charge >= 0.3 is 11.9 Å². The first kappa shape index (κ1) is 40.6. The van der Waals surface area contributed by atoms with Crippen LogP contribution in [0.15, 0.2) is 35.7 Å². The van der Waals surface area contributed by atoms with Crippen molar-refractivity contribution in [3.63, 3.8) is 0 Å². The minimum atomic E-state index is -1.15. The number of hydrogen-bond donors (Lipinski definition) is 2. The fourth-order valence-electron chi connectivity index (χ4n) is 13.2. The van der Waals surface area contributed by atoms with Gasteiger partial charge in [-0.1, -0.05) is 61.5 Å². The molecule has 7 heteroatoms. The van der Waals surface area contributed by atoms with Gasteiger partial charge in [-0.2, -0.15) is 0 Å². The van der Waals surface area contributed by atoms with Crippen molar-refractivity contribution < 1.29 is 24.2 Å². The molecule has 7 nitrogen and oxygen atoms in total. The molecule has 0 unspecified atom stereocenters. The van der Waals surface area contributed by atoms with E-state index in [1.807, 2.05) is 12.4 Å². The summed E-state index contributed by atoms with van der Waals surface area (Å²) in [4.78, 5) is 43.0. The highest BCUT2D eigenvalue weighted by atomic mass is 16.5. The lowest BCUT2D eigenvalue weighted by atomic mass is 9.33. The molecule has 0 aromatic carbocycles. The molecule has 2 N–H and O–H groups in total. The van der Waals surface area contributed by atoms with Crippen LogP contribution in [0.1, 0.15) is 159 Å². The third-order valence-electron chi connectivity index (χ3n) is 16.2. The van der Waals surface area contributed by atoms with E-state index >= 15 is 0 Å². The van der Waals surface area contributed by atoms with Crippen LogP contribution >= 0.6 is 0 Å². The smallest absolute Gasteiger partial charge is 0.309 e. The van der Waals surface area contributed by atoms with Gasteiger partial charge in [0.05, 0.1) is 11.8 Å². The second kappa shape index (κ2) is 13.9. The van der Waals surface area contributed by atoms with Crippen LogP contribution in [-0.2, 0) is 19.1 Å². The summed E-state index contributed by atoms with van der Waals surface area (Å²) >= 11 is 0. The number of carbonyl (C=O) groups is 3. The first-order valence-electron chi connectivity index (χ1n) is 20.1. The molecule has 0 spiro atoms. The van der Waals surface area contributed by atoms with E-state index in [1.165, 1.54) is 12.0 Å². The van der Waals surface area contributed by atoms with Crippen molar-refractivity contribution >= 4 is 17.7 Å². The summed E-state index contributed by atoms with van der Waals surface area (Å²) in [6.45, 7) is 23.2. The molecule has 5 aliphatic rings. The first-order valence-corrected chi connectivity index (χ1v) is 20.1. The second-order valence-corrected chi connectivity index (χ2v) is 19.9. The van der Waals surface area contributed by atoms with Gasteiger partial charge < -0.3 is 15.2 Å². The molecule has 0 amide bonds. The number of carboxylic acid groups (broad SMARTS) is 1. The number of carboxylic acids is 1. The SMILES string of the molecule is C.CC(C)C1=C2[C@H]3CC[C@@H]4[C@@]5(C)CC[C@H](OC(=O)CC(C)(C)C(=O)O)C(C)(C)[C@@H]5CC[C@@]4(C)[C@]3(C)CC[C@@]2(CCN[C@@H](C)c2ccncc2)CC1=O. The summed E-state index contributed by atoms with van der Waals surface area (Å²) in [6, 6.07) is 4.40. The van der Waals surface area contributed by atoms with Gasteiger partial charge in [-0.3, -0.25) is 19.4 Å². The Morgan fingerprint density at radius 2 is 1.62 bits per heavy atom. The van der Waals surface area contributed by atoms with E-state index in [2.05, 4.69) is 77.8 Å². The fraction of sp³-hybridized carbons (Fsp3) is 0.778. The molecule has 1 aromatic heterocycles. The zero-order valence-corrected chi connectivity index (χ0v) is 33.3. The molecule has 0 saturated heterocycles. The number of fused-ring (bicyclic) bond motifs is 7. The van der Waals surface area contributed by atoms with Gasteiger partial charge in [0, 0.05) is 35.7 Å². The van der Waals surface area contributed by atoms with E-state index in [0.29, 0.717) is 30.0 Å². The lowest BCUT2D eigenvalue weighted by Crippen LogP contribution is -2.65. The standard InChI is InChI=1S/C44H66N2O5.CH4/c1-27(2)36-31(47)25-44(21-24-46-28(3)29-15-22-45-23-16-29)20-19-42(9)30(37(36)44)11-12-33-41(8)17-14-34(51-35(48)26-39(4,5)38(49)50)40(6,7)32(41)13-18-43(33,42)10;/h15-16,22-23,27-28,30,32-34,46H,11-14,17-21,24-26H2,1-10H3,(H,49,50);1H4/t28-,30+,32-,33+,34-,41-,42+,43+,44+;/m0./s1. The number of aromatic nitrogens is 1. The Bertz CT molecular complexity index is 1560. The molecule has 0 radical (unpaired) electrons. The van der Waals surface area contributed by atoms with Crippen LogP contribution in [-0.4, -0.2) is 40.5 Å². The Balaban J connectivity index is 0.00000523. The highest BCUT2D eigenvalue weighted by Crippen LogP contribution is 2.77. The summed E-state index contributed by atoms with van der Waals surface area (Å²) in [5.74, 6) is 0.660. The minimum absolute atomic E-state index is 0. The Kier molecular flexibility index (Phi) is 10.9. The third kappa shape index (κ3) is 6.31. The summed E-state index contributed by atoms with van der Waals surface area (Å²) in [5.41, 5.74) is 2.92. The number of Topliss-reactive ketones (excluding diaryl/α,β-unsaturated/α-hetero) is 1. The Labute approximate surface area is 314 Å². The number of pyridine rings is 1. The molecule has 1 aromatic rings. The van der Waals surface area contributed by atoms with Gasteiger partial charge in [-0.25, -0.2) is 0 Å². The fourth-order valence-corrected chi connectivity index (χ4v) is 13.2. The summed E-state index contributed by atoms with van der Waals surface area (Å²) in [6.07, 6.45) is 13.7. The van der Waals surface area contributed by atoms with E-state index in [1.54, 1.807) is 19.4 Å². The lowest BCUT2D eigenvalue weighted by molar-refractivity contribution is -0.233. The molecule has 6 rings (SSSR count). The van der Waals surface area contributed by atoms with Crippen molar-refractivity contribution in [2.45, 2.75) is 159 Å². The maximum absolute atomic E-state index is 14.0. The quantitative estimate of drug-likeness (QED) is 0.232. The predicted molar refractivity (Wildman–Crippen MR) is 207 cm³/mol. The van der Waals surface area contributed by atoms with Crippen molar-refractivity contribution in [1.82, 2.24) is 10.3 Å². The predicted octanol–water partition coefficient (Wildman–Crippen LogP) is 10.2. The number of esters is 1. The minimum Gasteiger partial charge on any atom is -0.481 e. The number of aliphatic carboxylic acids is 1. The zero-order valence-electron chi connectivity index (χ0n) is 33.3. The molecule has 0 aliphatic heterocycles. The van der Waals surface area contributed by atoms with Crippen LogP contribution in [0.5, 0.6) is 0 Å². The highest BCUT2D eigenvalue weighted by molar-refractivity contribution is 6.00. The molecule has 9 atom stereocenters. The number of nitrogens with one attached hydrogen (secondary N) is 1. The maximum Gasteiger partial charge on any atom is 0.309 e. The van der Waals surface area contributed by atoms with Crippen molar-refractivity contribution in [3.05, 3.63) is 41.2 Å². The van der Waals surface area contributed by atoms with E-state index in [-0.39, 0.29) is 59.0 Å². The molecular weight excluding hydrogens is 649 g/mol. The van der Waals surface area contributed by atoms with Crippen LogP contribution < -0.4 is 5.32 Å². The van der Waals surface area contributed by atoms with Gasteiger partial charge in [0.2, 0.25) is 0 Å². The normalized spacial score (nSPS) is 37.2. The first-order chi connectivity index (χ1) is 23.7. The largest absolute Gasteiger partial charge is 0.481 e. The molecule has 290 valence electrons. The van der Waals surface area contributed by atoms with Gasteiger partial charge in [0.25, 0.3) is 0 Å². The summed E-state index contributed by atoms with van der Waals surface area (Å²) in [5, 5.41) is 13.4. The Hall–Kier alpha value is -2.54. The third-order valence-corrected chi connectivity index (χ3v) is 16.2. The number of nitrogens with zero attached hydrogens (tertiary/aromatic N) is 1. The Morgan fingerprint density at radius 1 is 0.942 bits per heavy atom. The molecule has 5 aliphatic carbocycles. The second-order valence-electron chi connectivity index (χ2n) is 19.9. The van der Waals surface area contributed by atoms with Gasteiger partial charge in [0.1, 0.15) is 6.10 Å². The van der Waals surface area contributed by atoms with Crippen molar-refractivity contribution in [3.8, 4) is 0 Å².